The number of aryl methyl sites for hydroxylation is 1. The number of Topliss-reactive ketones (excluding diaryl/α,β-unsaturated/α-hetero) is 1. The van der Waals surface area contributed by atoms with Crippen LogP contribution in [0.25, 0.3) is 10.9 Å². The molecule has 1 aliphatic rings. The highest BCUT2D eigenvalue weighted by molar-refractivity contribution is 8.00. The Labute approximate surface area is 195 Å². The number of H-pyrrole nitrogens is 1. The fraction of sp³-hybridized carbons (Fsp3) is 0.292. The van der Waals surface area contributed by atoms with Crippen molar-refractivity contribution in [3.63, 3.8) is 0 Å². The summed E-state index contributed by atoms with van der Waals surface area (Å²) < 4.78 is 8.01. The van der Waals surface area contributed by atoms with Crippen molar-refractivity contribution in [2.45, 2.75) is 49.7 Å². The molecule has 0 radical (unpaired) electrons. The highest BCUT2D eigenvalue weighted by Crippen LogP contribution is 2.40. The standard InChI is InChI=1S/C24H23ClN4O2S/c1-14-22(17-7-3-5-9-19(17)26-14)23(30)15(2)32-24-28-27-21(29(24)16-11-12-16)13-31-20-10-6-4-8-18(20)25/h3-10,15-16,26H,11-13H2,1-2H3/t15-/m0/s1. The Bertz CT molecular complexity index is 1290. The van der Waals surface area contributed by atoms with Gasteiger partial charge in [-0.2, -0.15) is 0 Å². The number of nitrogens with zero attached hydrogens (tertiary/aromatic N) is 3. The molecule has 2 aromatic carbocycles. The second-order valence-electron chi connectivity index (χ2n) is 8.01. The number of hydrogen-bond donors (Lipinski definition) is 1. The van der Waals surface area contributed by atoms with Crippen LogP contribution in [0.4, 0.5) is 0 Å². The molecule has 32 heavy (non-hydrogen) atoms. The van der Waals surface area contributed by atoms with Crippen LogP contribution in [-0.2, 0) is 6.61 Å². The first-order valence-corrected chi connectivity index (χ1v) is 11.9. The average Bonchev–Trinajstić information content (AvgIpc) is 3.46. The molecule has 5 rings (SSSR count). The molecule has 0 bridgehead atoms. The number of benzene rings is 2. The van der Waals surface area contributed by atoms with Crippen LogP contribution in [0.3, 0.4) is 0 Å². The van der Waals surface area contributed by atoms with Gasteiger partial charge in [-0.05, 0) is 44.9 Å². The molecule has 8 heteroatoms. The number of fused-ring (bicyclic) bond motifs is 1. The maximum atomic E-state index is 13.4. The molecule has 1 atom stereocenters. The Morgan fingerprint density at radius 2 is 1.97 bits per heavy atom. The van der Waals surface area contributed by atoms with Crippen molar-refractivity contribution in [2.24, 2.45) is 0 Å². The molecule has 164 valence electrons. The van der Waals surface area contributed by atoms with E-state index in [9.17, 15) is 4.79 Å². The molecule has 0 amide bonds. The summed E-state index contributed by atoms with van der Waals surface area (Å²) in [5.41, 5.74) is 2.62. The molecular weight excluding hydrogens is 444 g/mol. The van der Waals surface area contributed by atoms with Crippen molar-refractivity contribution in [1.29, 1.82) is 0 Å². The van der Waals surface area contributed by atoms with E-state index in [2.05, 4.69) is 19.7 Å². The summed E-state index contributed by atoms with van der Waals surface area (Å²) in [7, 11) is 0. The van der Waals surface area contributed by atoms with E-state index in [-0.39, 0.29) is 17.6 Å². The molecule has 0 spiro atoms. The number of rotatable bonds is 8. The minimum atomic E-state index is -0.299. The second-order valence-corrected chi connectivity index (χ2v) is 9.73. The monoisotopic (exact) mass is 466 g/mol. The normalized spacial score (nSPS) is 14.6. The summed E-state index contributed by atoms with van der Waals surface area (Å²) in [5, 5.41) is 10.8. The third kappa shape index (κ3) is 4.02. The van der Waals surface area contributed by atoms with Gasteiger partial charge in [0.25, 0.3) is 0 Å². The van der Waals surface area contributed by atoms with Crippen molar-refractivity contribution in [1.82, 2.24) is 19.7 Å². The maximum absolute atomic E-state index is 13.4. The van der Waals surface area contributed by atoms with Crippen molar-refractivity contribution in [2.75, 3.05) is 0 Å². The Balaban J connectivity index is 1.36. The fourth-order valence-electron chi connectivity index (χ4n) is 3.90. The number of carbonyl (C=O) groups is 1. The number of carbonyl (C=O) groups excluding carboxylic acids is 1. The zero-order valence-electron chi connectivity index (χ0n) is 17.8. The van der Waals surface area contributed by atoms with E-state index in [1.54, 1.807) is 6.07 Å². The molecule has 0 saturated heterocycles. The quantitative estimate of drug-likeness (QED) is 0.254. The lowest BCUT2D eigenvalue weighted by molar-refractivity contribution is 0.0995. The second kappa shape index (κ2) is 8.64. The molecule has 1 aliphatic carbocycles. The highest BCUT2D eigenvalue weighted by atomic mass is 35.5. The number of halogens is 1. The summed E-state index contributed by atoms with van der Waals surface area (Å²) in [6.07, 6.45) is 2.16. The van der Waals surface area contributed by atoms with Crippen LogP contribution >= 0.6 is 23.4 Å². The van der Waals surface area contributed by atoms with Gasteiger partial charge in [-0.25, -0.2) is 0 Å². The zero-order valence-corrected chi connectivity index (χ0v) is 19.4. The van der Waals surface area contributed by atoms with E-state index in [4.69, 9.17) is 16.3 Å². The molecule has 0 aliphatic heterocycles. The number of para-hydroxylation sites is 2. The Morgan fingerprint density at radius 1 is 1.22 bits per heavy atom. The van der Waals surface area contributed by atoms with E-state index in [0.29, 0.717) is 16.8 Å². The largest absolute Gasteiger partial charge is 0.484 e. The van der Waals surface area contributed by atoms with Gasteiger partial charge >= 0.3 is 0 Å². The molecule has 1 saturated carbocycles. The third-order valence-electron chi connectivity index (χ3n) is 5.63. The number of hydrogen-bond acceptors (Lipinski definition) is 5. The van der Waals surface area contributed by atoms with Crippen molar-refractivity contribution < 1.29 is 9.53 Å². The van der Waals surface area contributed by atoms with Crippen molar-refractivity contribution in [3.8, 4) is 5.75 Å². The molecule has 1 N–H and O–H groups in total. The molecular formula is C24H23ClN4O2S. The minimum Gasteiger partial charge on any atom is -0.484 e. The lowest BCUT2D eigenvalue weighted by Gasteiger charge is -2.13. The summed E-state index contributed by atoms with van der Waals surface area (Å²) >= 11 is 7.66. The number of ether oxygens (including phenoxy) is 1. The van der Waals surface area contributed by atoms with Crippen molar-refractivity contribution >= 4 is 40.0 Å². The van der Waals surface area contributed by atoms with E-state index >= 15 is 0 Å². The first-order chi connectivity index (χ1) is 15.5. The van der Waals surface area contributed by atoms with Gasteiger partial charge in [0, 0.05) is 28.2 Å². The van der Waals surface area contributed by atoms with E-state index in [1.807, 2.05) is 56.3 Å². The fourth-order valence-corrected chi connectivity index (χ4v) is 5.09. The van der Waals surface area contributed by atoms with Gasteiger partial charge < -0.3 is 9.72 Å². The summed E-state index contributed by atoms with van der Waals surface area (Å²) in [6.45, 7) is 4.15. The van der Waals surface area contributed by atoms with Crippen LogP contribution in [0.2, 0.25) is 5.02 Å². The molecule has 2 aromatic heterocycles. The van der Waals surface area contributed by atoms with Gasteiger partial charge in [-0.3, -0.25) is 9.36 Å². The predicted octanol–water partition coefficient (Wildman–Crippen LogP) is 6.00. The number of aromatic nitrogens is 4. The molecule has 6 nitrogen and oxygen atoms in total. The topological polar surface area (TPSA) is 72.8 Å². The van der Waals surface area contributed by atoms with Crippen LogP contribution in [0.1, 0.15) is 47.7 Å². The number of thioether (sulfide) groups is 1. The van der Waals surface area contributed by atoms with Crippen LogP contribution in [0.5, 0.6) is 5.75 Å². The first kappa shape index (κ1) is 21.1. The van der Waals surface area contributed by atoms with E-state index in [0.717, 1.165) is 46.0 Å². The maximum Gasteiger partial charge on any atom is 0.192 e. The minimum absolute atomic E-state index is 0.0872. The smallest absolute Gasteiger partial charge is 0.192 e. The Morgan fingerprint density at radius 3 is 2.75 bits per heavy atom. The lowest BCUT2D eigenvalue weighted by atomic mass is 10.1. The molecule has 0 unspecified atom stereocenters. The van der Waals surface area contributed by atoms with Gasteiger partial charge in [0.2, 0.25) is 0 Å². The van der Waals surface area contributed by atoms with Crippen LogP contribution in [-0.4, -0.2) is 30.8 Å². The van der Waals surface area contributed by atoms with Crippen molar-refractivity contribution in [3.05, 3.63) is 70.6 Å². The molecule has 1 fully saturated rings. The first-order valence-electron chi connectivity index (χ1n) is 10.6. The number of ketones is 1. The molecule has 4 aromatic rings. The van der Waals surface area contributed by atoms with Crippen LogP contribution in [0, 0.1) is 6.92 Å². The van der Waals surface area contributed by atoms with E-state index < -0.39 is 0 Å². The molecule has 2 heterocycles. The highest BCUT2D eigenvalue weighted by Gasteiger charge is 2.32. The van der Waals surface area contributed by atoms with Crippen LogP contribution in [0.15, 0.2) is 53.7 Å². The average molecular weight is 467 g/mol. The van der Waals surface area contributed by atoms with E-state index in [1.165, 1.54) is 11.8 Å². The van der Waals surface area contributed by atoms with Crippen LogP contribution < -0.4 is 4.74 Å². The van der Waals surface area contributed by atoms with Gasteiger partial charge in [0.15, 0.2) is 16.8 Å². The summed E-state index contributed by atoms with van der Waals surface area (Å²) in [6, 6.07) is 15.6. The summed E-state index contributed by atoms with van der Waals surface area (Å²) in [4.78, 5) is 16.7. The number of nitrogens with one attached hydrogen (secondary N) is 1. The van der Waals surface area contributed by atoms with Gasteiger partial charge in [-0.1, -0.05) is 53.7 Å². The SMILES string of the molecule is Cc1[nH]c2ccccc2c1C(=O)[C@H](C)Sc1nnc(COc2ccccc2Cl)n1C1CC1. The Kier molecular flexibility index (Phi) is 5.69. The summed E-state index contributed by atoms with van der Waals surface area (Å²) in [5.74, 6) is 1.45. The predicted molar refractivity (Wildman–Crippen MR) is 127 cm³/mol. The lowest BCUT2D eigenvalue weighted by Crippen LogP contribution is -2.16. The van der Waals surface area contributed by atoms with Gasteiger partial charge in [-0.15, -0.1) is 10.2 Å². The van der Waals surface area contributed by atoms with Gasteiger partial charge in [0.1, 0.15) is 12.4 Å². The van der Waals surface area contributed by atoms with Gasteiger partial charge in [0.05, 0.1) is 10.3 Å². The number of aromatic amines is 1. The third-order valence-corrected chi connectivity index (χ3v) is 7.00. The Hall–Kier alpha value is -2.77. The zero-order chi connectivity index (χ0) is 22.2.